The van der Waals surface area contributed by atoms with Crippen molar-refractivity contribution >= 4 is 38.1 Å². The second kappa shape index (κ2) is 5.21. The molecule has 2 aromatic heterocycles. The quantitative estimate of drug-likeness (QED) is 0.803. The number of pyridine rings is 1. The van der Waals surface area contributed by atoms with Crippen molar-refractivity contribution in [1.29, 1.82) is 0 Å². The van der Waals surface area contributed by atoms with Crippen molar-refractivity contribution in [2.75, 3.05) is 14.2 Å². The van der Waals surface area contributed by atoms with E-state index in [9.17, 15) is 4.79 Å². The van der Waals surface area contributed by atoms with Crippen molar-refractivity contribution < 1.29 is 14.3 Å². The van der Waals surface area contributed by atoms with Gasteiger partial charge in [0.2, 0.25) is 5.91 Å². The molecular formula is C15H14N2O3S. The Hall–Kier alpha value is -2.34. The molecule has 21 heavy (non-hydrogen) atoms. The molecule has 0 saturated carbocycles. The molecule has 6 heteroatoms. The van der Waals surface area contributed by atoms with E-state index in [-0.39, 0.29) is 12.3 Å². The van der Waals surface area contributed by atoms with E-state index in [2.05, 4.69) is 4.98 Å². The van der Waals surface area contributed by atoms with E-state index < -0.39 is 0 Å². The summed E-state index contributed by atoms with van der Waals surface area (Å²) < 4.78 is 12.1. The number of nitrogens with two attached hydrogens (primary N) is 1. The topological polar surface area (TPSA) is 74.4 Å². The molecule has 2 heterocycles. The van der Waals surface area contributed by atoms with Crippen molar-refractivity contribution in [1.82, 2.24) is 4.98 Å². The first kappa shape index (κ1) is 13.6. The molecule has 0 radical (unpaired) electrons. The Morgan fingerprint density at radius 1 is 1.24 bits per heavy atom. The average Bonchev–Trinajstić information content (AvgIpc) is 2.86. The summed E-state index contributed by atoms with van der Waals surface area (Å²) in [5, 5.41) is 2.73. The van der Waals surface area contributed by atoms with Crippen LogP contribution in [0.3, 0.4) is 0 Å². The molecule has 0 aliphatic heterocycles. The molecule has 0 bridgehead atoms. The Morgan fingerprint density at radius 2 is 2.00 bits per heavy atom. The minimum absolute atomic E-state index is 0.209. The van der Waals surface area contributed by atoms with Crippen molar-refractivity contribution in [3.8, 4) is 11.5 Å². The van der Waals surface area contributed by atoms with Crippen LogP contribution in [0.5, 0.6) is 11.5 Å². The van der Waals surface area contributed by atoms with Gasteiger partial charge in [0.05, 0.1) is 25.3 Å². The number of carbonyl (C=O) groups is 1. The second-order valence-corrected chi connectivity index (χ2v) is 5.72. The number of rotatable bonds is 4. The Bertz CT molecular complexity index is 781. The Kier molecular flexibility index (Phi) is 3.39. The Labute approximate surface area is 125 Å². The molecule has 0 aliphatic carbocycles. The lowest BCUT2D eigenvalue weighted by molar-refractivity contribution is -0.117. The minimum Gasteiger partial charge on any atom is -0.495 e. The summed E-state index contributed by atoms with van der Waals surface area (Å²) >= 11 is 1.49. The van der Waals surface area contributed by atoms with Gasteiger partial charge < -0.3 is 15.2 Å². The van der Waals surface area contributed by atoms with Crippen LogP contribution in [-0.2, 0) is 11.2 Å². The lowest BCUT2D eigenvalue weighted by Crippen LogP contribution is -2.12. The Balaban J connectivity index is 2.41. The Morgan fingerprint density at radius 3 is 2.67 bits per heavy atom. The molecule has 0 fully saturated rings. The van der Waals surface area contributed by atoms with E-state index >= 15 is 0 Å². The molecule has 0 unspecified atom stereocenters. The molecule has 0 atom stereocenters. The molecular weight excluding hydrogens is 288 g/mol. The number of amides is 1. The molecule has 3 aromatic rings. The number of carbonyl (C=O) groups excluding carboxylic acids is 1. The van der Waals surface area contributed by atoms with Gasteiger partial charge in [0.1, 0.15) is 11.5 Å². The van der Waals surface area contributed by atoms with Gasteiger partial charge in [-0.15, -0.1) is 11.3 Å². The third-order valence-electron chi connectivity index (χ3n) is 3.30. The van der Waals surface area contributed by atoms with Gasteiger partial charge in [0.15, 0.2) is 0 Å². The van der Waals surface area contributed by atoms with Gasteiger partial charge in [0.25, 0.3) is 0 Å². The lowest BCUT2D eigenvalue weighted by atomic mass is 10.1. The van der Waals surface area contributed by atoms with Crippen LogP contribution in [0.2, 0.25) is 0 Å². The first-order valence-electron chi connectivity index (χ1n) is 6.34. The summed E-state index contributed by atoms with van der Waals surface area (Å²) in [6, 6.07) is 3.82. The van der Waals surface area contributed by atoms with Crippen LogP contribution >= 0.6 is 11.3 Å². The summed E-state index contributed by atoms with van der Waals surface area (Å²) in [4.78, 5) is 16.2. The van der Waals surface area contributed by atoms with Gasteiger partial charge in [-0.1, -0.05) is 0 Å². The van der Waals surface area contributed by atoms with E-state index in [4.69, 9.17) is 15.2 Å². The molecule has 3 rings (SSSR count). The predicted molar refractivity (Wildman–Crippen MR) is 83.1 cm³/mol. The molecule has 0 saturated heterocycles. The number of ether oxygens (including phenoxy) is 2. The van der Waals surface area contributed by atoms with Gasteiger partial charge in [-0.2, -0.15) is 0 Å². The SMILES string of the molecule is COc1c2cnccc2c(OC)c2sc(CC(N)=O)cc12. The van der Waals surface area contributed by atoms with Gasteiger partial charge in [-0.05, 0) is 12.1 Å². The van der Waals surface area contributed by atoms with Gasteiger partial charge >= 0.3 is 0 Å². The molecule has 108 valence electrons. The number of primary amides is 1. The molecule has 0 aliphatic rings. The van der Waals surface area contributed by atoms with Gasteiger partial charge in [-0.25, -0.2) is 0 Å². The monoisotopic (exact) mass is 302 g/mol. The smallest absolute Gasteiger partial charge is 0.222 e. The fraction of sp³-hybridized carbons (Fsp3) is 0.200. The number of fused-ring (bicyclic) bond motifs is 2. The summed E-state index contributed by atoms with van der Waals surface area (Å²) in [7, 11) is 3.26. The van der Waals surface area contributed by atoms with Crippen molar-refractivity contribution in [2.24, 2.45) is 5.73 Å². The third kappa shape index (κ3) is 2.17. The van der Waals surface area contributed by atoms with E-state index in [1.165, 1.54) is 11.3 Å². The summed E-state index contributed by atoms with van der Waals surface area (Å²) in [5.41, 5.74) is 5.28. The van der Waals surface area contributed by atoms with Crippen LogP contribution in [0.15, 0.2) is 24.5 Å². The highest BCUT2D eigenvalue weighted by molar-refractivity contribution is 7.19. The van der Waals surface area contributed by atoms with E-state index in [0.717, 1.165) is 37.2 Å². The highest BCUT2D eigenvalue weighted by atomic mass is 32.1. The number of benzene rings is 1. The maximum Gasteiger partial charge on any atom is 0.222 e. The van der Waals surface area contributed by atoms with Crippen LogP contribution in [0.1, 0.15) is 4.88 Å². The highest BCUT2D eigenvalue weighted by Gasteiger charge is 2.18. The summed E-state index contributed by atoms with van der Waals surface area (Å²) in [6.45, 7) is 0. The number of thiophene rings is 1. The van der Waals surface area contributed by atoms with Crippen LogP contribution in [0.25, 0.3) is 20.9 Å². The molecule has 2 N–H and O–H groups in total. The van der Waals surface area contributed by atoms with E-state index in [1.54, 1.807) is 26.6 Å². The normalized spacial score (nSPS) is 11.0. The number of hydrogen-bond donors (Lipinski definition) is 1. The molecule has 5 nitrogen and oxygen atoms in total. The first-order valence-corrected chi connectivity index (χ1v) is 7.15. The molecule has 1 amide bonds. The maximum absolute atomic E-state index is 11.1. The second-order valence-electron chi connectivity index (χ2n) is 4.59. The third-order valence-corrected chi connectivity index (χ3v) is 4.43. The minimum atomic E-state index is -0.356. The van der Waals surface area contributed by atoms with Crippen LogP contribution in [0.4, 0.5) is 0 Å². The fourth-order valence-corrected chi connectivity index (χ4v) is 3.70. The zero-order valence-corrected chi connectivity index (χ0v) is 12.5. The number of aromatic nitrogens is 1. The van der Waals surface area contributed by atoms with Crippen molar-refractivity contribution in [2.45, 2.75) is 6.42 Å². The first-order chi connectivity index (χ1) is 10.2. The van der Waals surface area contributed by atoms with Gasteiger partial charge in [0, 0.05) is 33.4 Å². The zero-order valence-electron chi connectivity index (χ0n) is 11.7. The fourth-order valence-electron chi connectivity index (χ4n) is 2.50. The predicted octanol–water partition coefficient (Wildman–Crippen LogP) is 2.49. The standard InChI is InChI=1S/C15H14N2O3S/c1-19-13-10-5-8(6-12(16)18)21-15(10)14(20-2)9-3-4-17-7-11(9)13/h3-5,7H,6H2,1-2H3,(H2,16,18). The number of methoxy groups -OCH3 is 2. The van der Waals surface area contributed by atoms with E-state index in [0.29, 0.717) is 0 Å². The van der Waals surface area contributed by atoms with Crippen LogP contribution in [-0.4, -0.2) is 25.1 Å². The van der Waals surface area contributed by atoms with Gasteiger partial charge in [-0.3, -0.25) is 9.78 Å². The zero-order chi connectivity index (χ0) is 15.0. The number of nitrogens with zero attached hydrogens (tertiary/aromatic N) is 1. The largest absolute Gasteiger partial charge is 0.495 e. The van der Waals surface area contributed by atoms with E-state index in [1.807, 2.05) is 12.1 Å². The van der Waals surface area contributed by atoms with Crippen molar-refractivity contribution in [3.63, 3.8) is 0 Å². The molecule has 1 aromatic carbocycles. The van der Waals surface area contributed by atoms with Crippen LogP contribution < -0.4 is 15.2 Å². The maximum atomic E-state index is 11.1. The highest BCUT2D eigenvalue weighted by Crippen LogP contribution is 2.45. The lowest BCUT2D eigenvalue weighted by Gasteiger charge is -2.11. The summed E-state index contributed by atoms with van der Waals surface area (Å²) in [5.74, 6) is 1.15. The number of hydrogen-bond acceptors (Lipinski definition) is 5. The summed E-state index contributed by atoms with van der Waals surface area (Å²) in [6.07, 6.45) is 3.68. The van der Waals surface area contributed by atoms with Crippen molar-refractivity contribution in [3.05, 3.63) is 29.4 Å². The van der Waals surface area contributed by atoms with Crippen LogP contribution in [0, 0.1) is 0 Å². The average molecular weight is 302 g/mol. The molecule has 0 spiro atoms.